The van der Waals surface area contributed by atoms with Crippen molar-refractivity contribution in [2.75, 3.05) is 54.0 Å². The number of nitrogens with zero attached hydrogens (tertiary/aromatic N) is 6. The number of aliphatic hydroxyl groups is 1. The van der Waals surface area contributed by atoms with Crippen LogP contribution >= 0.6 is 11.6 Å². The van der Waals surface area contributed by atoms with Crippen LogP contribution < -0.4 is 14.7 Å². The smallest absolute Gasteiger partial charge is 0.386 e. The molecule has 2 saturated heterocycles. The third kappa shape index (κ3) is 4.90. The van der Waals surface area contributed by atoms with Crippen LogP contribution in [0.25, 0.3) is 11.3 Å². The van der Waals surface area contributed by atoms with Crippen LogP contribution in [0.2, 0.25) is 5.02 Å². The van der Waals surface area contributed by atoms with Crippen LogP contribution in [0.4, 0.5) is 35.1 Å². The molecule has 0 amide bonds. The molecule has 36 heavy (non-hydrogen) atoms. The Labute approximate surface area is 210 Å². The van der Waals surface area contributed by atoms with Gasteiger partial charge in [-0.3, -0.25) is 0 Å². The maximum atomic E-state index is 13.7. The fourth-order valence-electron chi connectivity index (χ4n) is 4.46. The van der Waals surface area contributed by atoms with Gasteiger partial charge in [-0.15, -0.1) is 0 Å². The minimum Gasteiger partial charge on any atom is -0.386 e. The number of anilines is 3. The van der Waals surface area contributed by atoms with Crippen molar-refractivity contribution in [2.45, 2.75) is 18.7 Å². The molecule has 0 atom stereocenters. The van der Waals surface area contributed by atoms with Gasteiger partial charge in [0.15, 0.2) is 0 Å². The van der Waals surface area contributed by atoms with Gasteiger partial charge in [0, 0.05) is 44.0 Å². The summed E-state index contributed by atoms with van der Waals surface area (Å²) in [6.45, 7) is 3.88. The Kier molecular flexibility index (Phi) is 6.16. The Morgan fingerprint density at radius 1 is 0.972 bits per heavy atom. The Balaban J connectivity index is 1.42. The van der Waals surface area contributed by atoms with E-state index in [9.17, 15) is 22.7 Å². The Bertz CT molecular complexity index is 1270. The number of aromatic nitrogens is 3. The topological polar surface area (TPSA) is 68.6 Å². The largest absolute Gasteiger partial charge is 0.419 e. The average molecular weight is 523 g/mol. The molecule has 5 rings (SSSR count). The quantitative estimate of drug-likeness (QED) is 0.514. The second kappa shape index (κ2) is 9.04. The van der Waals surface area contributed by atoms with Crippen molar-refractivity contribution < 1.29 is 22.7 Å². The molecular formula is C24H23ClF4N6O. The molecule has 0 spiro atoms. The number of rotatable bonds is 4. The number of halogens is 5. The van der Waals surface area contributed by atoms with Crippen LogP contribution in [0.3, 0.4) is 0 Å². The van der Waals surface area contributed by atoms with Crippen molar-refractivity contribution >= 4 is 29.2 Å². The summed E-state index contributed by atoms with van der Waals surface area (Å²) in [6, 6.07) is 8.38. The summed E-state index contributed by atoms with van der Waals surface area (Å²) < 4.78 is 54.1. The number of pyridine rings is 1. The SMILES string of the molecule is CC1(O)CN(c2nc(-c3ccc(F)c(Cl)c3)cc(N3CCN(c4ncccc4C(F)(F)F)CC3)n2)C1. The minimum absolute atomic E-state index is 0.0365. The molecule has 0 radical (unpaired) electrons. The third-order valence-corrected chi connectivity index (χ3v) is 6.55. The summed E-state index contributed by atoms with van der Waals surface area (Å²) >= 11 is 5.99. The monoisotopic (exact) mass is 522 g/mol. The van der Waals surface area contributed by atoms with Gasteiger partial charge in [0.2, 0.25) is 5.95 Å². The van der Waals surface area contributed by atoms with Crippen molar-refractivity contribution in [1.82, 2.24) is 15.0 Å². The molecule has 3 aromatic rings. The molecule has 1 N–H and O–H groups in total. The van der Waals surface area contributed by atoms with Crippen molar-refractivity contribution in [2.24, 2.45) is 0 Å². The van der Waals surface area contributed by atoms with Crippen LogP contribution in [0.1, 0.15) is 12.5 Å². The fraction of sp³-hybridized carbons (Fsp3) is 0.375. The first-order valence-electron chi connectivity index (χ1n) is 11.3. The summed E-state index contributed by atoms with van der Waals surface area (Å²) in [7, 11) is 0. The van der Waals surface area contributed by atoms with E-state index in [0.29, 0.717) is 62.3 Å². The van der Waals surface area contributed by atoms with Crippen LogP contribution in [0.5, 0.6) is 0 Å². The fourth-order valence-corrected chi connectivity index (χ4v) is 4.64. The highest BCUT2D eigenvalue weighted by molar-refractivity contribution is 6.31. The molecule has 1 aromatic carbocycles. The predicted molar refractivity (Wildman–Crippen MR) is 129 cm³/mol. The number of hydrogen-bond acceptors (Lipinski definition) is 7. The molecular weight excluding hydrogens is 500 g/mol. The Morgan fingerprint density at radius 2 is 1.67 bits per heavy atom. The van der Waals surface area contributed by atoms with E-state index in [1.807, 2.05) is 9.80 Å². The summed E-state index contributed by atoms with van der Waals surface area (Å²) in [5.41, 5.74) is -0.484. The lowest BCUT2D eigenvalue weighted by Crippen LogP contribution is -2.60. The number of β-amino-alcohol motifs (C(OH)–C–C–N with tert-alkyl or cyclic N) is 1. The minimum atomic E-state index is -4.49. The number of hydrogen-bond donors (Lipinski definition) is 1. The summed E-state index contributed by atoms with van der Waals surface area (Å²) in [5, 5.41) is 10.1. The van der Waals surface area contributed by atoms with Gasteiger partial charge in [-0.1, -0.05) is 11.6 Å². The van der Waals surface area contributed by atoms with Gasteiger partial charge >= 0.3 is 6.18 Å². The molecule has 0 aliphatic carbocycles. The summed E-state index contributed by atoms with van der Waals surface area (Å²) in [6.07, 6.45) is -3.14. The maximum Gasteiger partial charge on any atom is 0.419 e. The molecule has 7 nitrogen and oxygen atoms in total. The first-order valence-corrected chi connectivity index (χ1v) is 11.7. The number of benzene rings is 1. The Hall–Kier alpha value is -3.18. The molecule has 0 bridgehead atoms. The van der Waals surface area contributed by atoms with E-state index in [1.54, 1.807) is 24.0 Å². The first-order chi connectivity index (χ1) is 17.0. The molecule has 2 fully saturated rings. The van der Waals surface area contributed by atoms with Crippen molar-refractivity contribution in [3.8, 4) is 11.3 Å². The van der Waals surface area contributed by atoms with Gasteiger partial charge in [0.05, 0.1) is 35.0 Å². The van der Waals surface area contributed by atoms with Crippen LogP contribution in [0.15, 0.2) is 42.6 Å². The van der Waals surface area contributed by atoms with E-state index in [-0.39, 0.29) is 10.8 Å². The van der Waals surface area contributed by atoms with Gasteiger partial charge in [-0.05, 0) is 37.3 Å². The average Bonchev–Trinajstić information content (AvgIpc) is 2.83. The second-order valence-corrected chi connectivity index (χ2v) is 9.65. The summed E-state index contributed by atoms with van der Waals surface area (Å²) in [5.74, 6) is 0.356. The van der Waals surface area contributed by atoms with E-state index in [2.05, 4.69) is 15.0 Å². The number of piperazine rings is 1. The first kappa shape index (κ1) is 24.5. The van der Waals surface area contributed by atoms with Crippen molar-refractivity contribution in [3.63, 3.8) is 0 Å². The van der Waals surface area contributed by atoms with Gasteiger partial charge < -0.3 is 19.8 Å². The van der Waals surface area contributed by atoms with E-state index in [4.69, 9.17) is 11.6 Å². The molecule has 2 aliphatic rings. The van der Waals surface area contributed by atoms with Gasteiger partial charge in [-0.2, -0.15) is 18.2 Å². The molecule has 12 heteroatoms. The van der Waals surface area contributed by atoms with Gasteiger partial charge in [0.1, 0.15) is 17.5 Å². The molecule has 0 saturated carbocycles. The maximum absolute atomic E-state index is 13.7. The van der Waals surface area contributed by atoms with E-state index >= 15 is 0 Å². The molecule has 2 aromatic heterocycles. The van der Waals surface area contributed by atoms with Crippen LogP contribution in [-0.4, -0.2) is 64.9 Å². The van der Waals surface area contributed by atoms with Gasteiger partial charge in [0.25, 0.3) is 0 Å². The number of alkyl halides is 3. The van der Waals surface area contributed by atoms with Crippen molar-refractivity contribution in [3.05, 3.63) is 59.0 Å². The lowest BCUT2D eigenvalue weighted by molar-refractivity contribution is -0.137. The molecule has 0 unspecified atom stereocenters. The van der Waals surface area contributed by atoms with Crippen molar-refractivity contribution in [1.29, 1.82) is 0 Å². The van der Waals surface area contributed by atoms with Gasteiger partial charge in [-0.25, -0.2) is 14.4 Å². The summed E-state index contributed by atoms with van der Waals surface area (Å²) in [4.78, 5) is 18.7. The second-order valence-electron chi connectivity index (χ2n) is 9.24. The normalized spacial score (nSPS) is 17.8. The highest BCUT2D eigenvalue weighted by Gasteiger charge is 2.39. The lowest BCUT2D eigenvalue weighted by Gasteiger charge is -2.44. The lowest BCUT2D eigenvalue weighted by atomic mass is 9.98. The van der Waals surface area contributed by atoms with E-state index < -0.39 is 23.2 Å². The van der Waals surface area contributed by atoms with Crippen LogP contribution in [0, 0.1) is 5.82 Å². The third-order valence-electron chi connectivity index (χ3n) is 6.26. The highest BCUT2D eigenvalue weighted by Crippen LogP contribution is 2.36. The zero-order chi connectivity index (χ0) is 25.7. The van der Waals surface area contributed by atoms with E-state index in [0.717, 1.165) is 6.07 Å². The molecule has 4 heterocycles. The Morgan fingerprint density at radius 3 is 2.31 bits per heavy atom. The molecule has 190 valence electrons. The zero-order valence-corrected chi connectivity index (χ0v) is 20.1. The standard InChI is InChI=1S/C24H23ClF4N6O/c1-23(36)13-35(14-23)22-31-19(15-4-5-18(26)17(25)11-15)12-20(32-22)33-7-9-34(10-8-33)21-16(24(27,28)29)3-2-6-30-21/h2-6,11-12,36H,7-10,13-14H2,1H3. The predicted octanol–water partition coefficient (Wildman–Crippen LogP) is 4.25. The highest BCUT2D eigenvalue weighted by atomic mass is 35.5. The zero-order valence-electron chi connectivity index (χ0n) is 19.3. The van der Waals surface area contributed by atoms with E-state index in [1.165, 1.54) is 24.4 Å². The molecule has 2 aliphatic heterocycles. The van der Waals surface area contributed by atoms with Crippen LogP contribution in [-0.2, 0) is 6.18 Å².